The summed E-state index contributed by atoms with van der Waals surface area (Å²) in [6.45, 7) is 1.97. The van der Waals surface area contributed by atoms with Crippen LogP contribution in [0.3, 0.4) is 0 Å². The van der Waals surface area contributed by atoms with Gasteiger partial charge in [-0.1, -0.05) is 46.3 Å². The summed E-state index contributed by atoms with van der Waals surface area (Å²) in [5, 5.41) is 7.19. The lowest BCUT2D eigenvalue weighted by molar-refractivity contribution is -0.119. The van der Waals surface area contributed by atoms with Crippen molar-refractivity contribution in [2.24, 2.45) is 5.10 Å². The second kappa shape index (κ2) is 8.61. The topological polar surface area (TPSA) is 53.5 Å². The number of anilines is 1. The minimum absolute atomic E-state index is 0.115. The van der Waals surface area contributed by atoms with Crippen LogP contribution in [0.15, 0.2) is 61.0 Å². The number of halogens is 3. The molecule has 0 fully saturated rings. The zero-order chi connectivity index (χ0) is 16.8. The van der Waals surface area contributed by atoms with Crippen molar-refractivity contribution in [3.8, 4) is 0 Å². The Morgan fingerprint density at radius 1 is 1.09 bits per heavy atom. The summed E-state index contributed by atoms with van der Waals surface area (Å²) >= 11 is 10.3. The van der Waals surface area contributed by atoms with Gasteiger partial charge in [-0.25, -0.2) is 5.43 Å². The molecule has 0 aromatic heterocycles. The number of carbonyl (C=O) groups is 1. The van der Waals surface area contributed by atoms with Crippen molar-refractivity contribution in [2.45, 2.75) is 6.92 Å². The monoisotopic (exact) mass is 501 g/mol. The fraction of sp³-hybridized carbons (Fsp3) is 0.125. The normalized spacial score (nSPS) is 11.2. The van der Waals surface area contributed by atoms with Gasteiger partial charge in [0.15, 0.2) is 0 Å². The van der Waals surface area contributed by atoms with E-state index in [1.54, 1.807) is 0 Å². The number of hydrogen-bond donors (Lipinski definition) is 2. The van der Waals surface area contributed by atoms with E-state index in [9.17, 15) is 4.79 Å². The van der Waals surface area contributed by atoms with Crippen molar-refractivity contribution < 1.29 is 4.79 Å². The molecule has 0 aliphatic heterocycles. The average Bonchev–Trinajstić information content (AvgIpc) is 2.52. The summed E-state index contributed by atoms with van der Waals surface area (Å²) in [5.74, 6) is -0.220. The van der Waals surface area contributed by atoms with E-state index in [-0.39, 0.29) is 12.5 Å². The molecule has 2 aromatic rings. The molecule has 120 valence electrons. The van der Waals surface area contributed by atoms with Crippen LogP contribution in [0.2, 0.25) is 0 Å². The van der Waals surface area contributed by atoms with E-state index in [4.69, 9.17) is 0 Å². The van der Waals surface area contributed by atoms with Crippen LogP contribution in [-0.4, -0.2) is 18.2 Å². The summed E-state index contributed by atoms with van der Waals surface area (Å²) in [6, 6.07) is 13.5. The lowest BCUT2D eigenvalue weighted by Gasteiger charge is -2.11. The number of nitrogens with one attached hydrogen (secondary N) is 2. The predicted molar refractivity (Wildman–Crippen MR) is 105 cm³/mol. The second-order valence-electron chi connectivity index (χ2n) is 4.70. The van der Waals surface area contributed by atoms with E-state index in [0.29, 0.717) is 0 Å². The SMILES string of the molecule is C/C(=N/NC(=O)CNc1c(Br)cc(Br)cc1Br)c1ccccc1. The van der Waals surface area contributed by atoms with Crippen molar-refractivity contribution in [3.05, 3.63) is 61.4 Å². The first-order valence-electron chi connectivity index (χ1n) is 6.74. The maximum atomic E-state index is 11.9. The lowest BCUT2D eigenvalue weighted by atomic mass is 10.1. The second-order valence-corrected chi connectivity index (χ2v) is 7.32. The van der Waals surface area contributed by atoms with Crippen LogP contribution in [0.5, 0.6) is 0 Å². The third-order valence-corrected chi connectivity index (χ3v) is 4.68. The third-order valence-electron chi connectivity index (χ3n) is 2.97. The Kier molecular flexibility index (Phi) is 6.80. The molecule has 1 amide bonds. The van der Waals surface area contributed by atoms with Crippen LogP contribution >= 0.6 is 47.8 Å². The molecule has 0 saturated carbocycles. The molecule has 2 N–H and O–H groups in total. The first-order valence-corrected chi connectivity index (χ1v) is 9.12. The Bertz CT molecular complexity index is 710. The van der Waals surface area contributed by atoms with Gasteiger partial charge in [0.25, 0.3) is 5.91 Å². The van der Waals surface area contributed by atoms with E-state index in [0.717, 1.165) is 30.4 Å². The largest absolute Gasteiger partial charge is 0.374 e. The highest BCUT2D eigenvalue weighted by Crippen LogP contribution is 2.34. The van der Waals surface area contributed by atoms with Gasteiger partial charge >= 0.3 is 0 Å². The van der Waals surface area contributed by atoms with Gasteiger partial charge < -0.3 is 5.32 Å². The Morgan fingerprint density at radius 2 is 1.70 bits per heavy atom. The maximum absolute atomic E-state index is 11.9. The van der Waals surface area contributed by atoms with Gasteiger partial charge in [0.05, 0.1) is 17.9 Å². The Labute approximate surface area is 160 Å². The molecule has 0 spiro atoms. The highest BCUT2D eigenvalue weighted by molar-refractivity contribution is 9.11. The third kappa shape index (κ3) is 5.44. The summed E-state index contributed by atoms with van der Waals surface area (Å²) in [4.78, 5) is 11.9. The Hall–Kier alpha value is -1.18. The van der Waals surface area contributed by atoms with E-state index in [2.05, 4.69) is 63.6 Å². The van der Waals surface area contributed by atoms with Gasteiger partial charge in [0.2, 0.25) is 0 Å². The molecule has 2 rings (SSSR count). The van der Waals surface area contributed by atoms with Gasteiger partial charge in [0.1, 0.15) is 0 Å². The first kappa shape index (κ1) is 18.2. The fourth-order valence-corrected chi connectivity index (χ4v) is 4.35. The van der Waals surface area contributed by atoms with Crippen molar-refractivity contribution in [2.75, 3.05) is 11.9 Å². The molecule has 0 bridgehead atoms. The van der Waals surface area contributed by atoms with Gasteiger partial charge in [-0.05, 0) is 56.5 Å². The van der Waals surface area contributed by atoms with Gasteiger partial charge in [-0.3, -0.25) is 4.79 Å². The van der Waals surface area contributed by atoms with Gasteiger partial charge in [-0.15, -0.1) is 0 Å². The zero-order valence-electron chi connectivity index (χ0n) is 12.2. The molecule has 2 aromatic carbocycles. The van der Waals surface area contributed by atoms with Gasteiger partial charge in [-0.2, -0.15) is 5.10 Å². The highest BCUT2D eigenvalue weighted by atomic mass is 79.9. The van der Waals surface area contributed by atoms with Crippen LogP contribution < -0.4 is 10.7 Å². The minimum Gasteiger partial charge on any atom is -0.374 e. The fourth-order valence-electron chi connectivity index (χ4n) is 1.81. The molecule has 0 radical (unpaired) electrons. The summed E-state index contributed by atoms with van der Waals surface area (Å²) in [7, 11) is 0. The molecule has 0 aliphatic carbocycles. The number of carbonyl (C=O) groups excluding carboxylic acids is 1. The Balaban J connectivity index is 1.94. The molecule has 7 heteroatoms. The molecule has 0 unspecified atom stereocenters. The number of hydrogen-bond acceptors (Lipinski definition) is 3. The molecule has 0 heterocycles. The number of nitrogens with zero attached hydrogens (tertiary/aromatic N) is 1. The van der Waals surface area contributed by atoms with Crippen LogP contribution in [0, 0.1) is 0 Å². The van der Waals surface area contributed by atoms with E-state index in [1.807, 2.05) is 49.4 Å². The lowest BCUT2D eigenvalue weighted by Crippen LogP contribution is -2.27. The zero-order valence-corrected chi connectivity index (χ0v) is 17.0. The first-order chi connectivity index (χ1) is 11.0. The molecular weight excluding hydrogens is 490 g/mol. The van der Waals surface area contributed by atoms with Crippen molar-refractivity contribution >= 4 is 65.1 Å². The maximum Gasteiger partial charge on any atom is 0.259 e. The average molecular weight is 504 g/mol. The van der Waals surface area contributed by atoms with Crippen molar-refractivity contribution in [3.63, 3.8) is 0 Å². The number of benzene rings is 2. The predicted octanol–water partition coefficient (Wildman–Crippen LogP) is 4.93. The smallest absolute Gasteiger partial charge is 0.259 e. The molecular formula is C16H14Br3N3O. The van der Waals surface area contributed by atoms with Crippen LogP contribution in [0.4, 0.5) is 5.69 Å². The van der Waals surface area contributed by atoms with E-state index in [1.165, 1.54) is 0 Å². The van der Waals surface area contributed by atoms with Crippen LogP contribution in [0.25, 0.3) is 0 Å². The summed E-state index contributed by atoms with van der Waals surface area (Å²) in [6.07, 6.45) is 0. The quantitative estimate of drug-likeness (QED) is 0.449. The summed E-state index contributed by atoms with van der Waals surface area (Å²) in [5.41, 5.74) is 5.09. The number of rotatable bonds is 5. The minimum atomic E-state index is -0.220. The van der Waals surface area contributed by atoms with Crippen molar-refractivity contribution in [1.29, 1.82) is 0 Å². The molecule has 4 nitrogen and oxygen atoms in total. The summed E-state index contributed by atoms with van der Waals surface area (Å²) < 4.78 is 2.65. The van der Waals surface area contributed by atoms with Crippen molar-refractivity contribution in [1.82, 2.24) is 5.43 Å². The standard InChI is InChI=1S/C16H14Br3N3O/c1-10(11-5-3-2-4-6-11)21-22-15(23)9-20-16-13(18)7-12(17)8-14(16)19/h2-8,20H,9H2,1H3,(H,22,23)/b21-10-. The van der Waals surface area contributed by atoms with E-state index >= 15 is 0 Å². The van der Waals surface area contributed by atoms with Crippen LogP contribution in [0.1, 0.15) is 12.5 Å². The van der Waals surface area contributed by atoms with Gasteiger partial charge in [0, 0.05) is 13.4 Å². The Morgan fingerprint density at radius 3 is 2.30 bits per heavy atom. The molecule has 0 saturated heterocycles. The molecule has 0 atom stereocenters. The number of hydrazone groups is 1. The molecule has 0 aliphatic rings. The molecule has 23 heavy (non-hydrogen) atoms. The number of amides is 1. The highest BCUT2D eigenvalue weighted by Gasteiger charge is 2.08. The van der Waals surface area contributed by atoms with Crippen LogP contribution in [-0.2, 0) is 4.79 Å². The van der Waals surface area contributed by atoms with E-state index < -0.39 is 0 Å².